The van der Waals surface area contributed by atoms with Crippen LogP contribution in [0.1, 0.15) is 181 Å². The van der Waals surface area contributed by atoms with E-state index in [0.29, 0.717) is 13.0 Å². The molecule has 2 fully saturated rings. The molecule has 0 aromatic rings. The quantitative estimate of drug-likeness (QED) is 0.0191. The summed E-state index contributed by atoms with van der Waals surface area (Å²) in [7, 11) is 0. The number of unbranched alkanes of at least 4 members (excludes halogenated alkanes) is 21. The van der Waals surface area contributed by atoms with Crippen LogP contribution in [-0.4, -0.2) is 142 Å². The maximum Gasteiger partial charge on any atom is 0.306 e. The minimum atomic E-state index is -1.71. The Kier molecular flexibility index (Phi) is 34.3. The molecule has 63 heavy (non-hydrogen) atoms. The Bertz CT molecular complexity index is 1140. The molecule has 11 atom stereocenters. The van der Waals surface area contributed by atoms with Gasteiger partial charge in [-0.1, -0.05) is 134 Å². The summed E-state index contributed by atoms with van der Waals surface area (Å²) >= 11 is 0. The van der Waals surface area contributed by atoms with Gasteiger partial charge in [-0.3, -0.25) is 4.79 Å². The molecule has 14 heteroatoms. The summed E-state index contributed by atoms with van der Waals surface area (Å²) in [5.74, 6) is -0.387. The van der Waals surface area contributed by atoms with Crippen molar-refractivity contribution in [2.75, 3.05) is 33.0 Å². The normalized spacial score (nSPS) is 27.1. The van der Waals surface area contributed by atoms with Gasteiger partial charge in [-0.15, -0.1) is 0 Å². The summed E-state index contributed by atoms with van der Waals surface area (Å²) < 4.78 is 34.2. The summed E-state index contributed by atoms with van der Waals surface area (Å²) in [5, 5.41) is 72.0. The molecule has 14 nitrogen and oxygen atoms in total. The third-order valence-corrected chi connectivity index (χ3v) is 11.9. The highest BCUT2D eigenvalue weighted by atomic mass is 16.7. The maximum absolute atomic E-state index is 13.0. The number of esters is 1. The highest BCUT2D eigenvalue weighted by Gasteiger charge is 2.47. The van der Waals surface area contributed by atoms with E-state index in [4.69, 9.17) is 28.4 Å². The van der Waals surface area contributed by atoms with E-state index in [9.17, 15) is 40.5 Å². The van der Waals surface area contributed by atoms with Crippen LogP contribution in [0.2, 0.25) is 0 Å². The smallest absolute Gasteiger partial charge is 0.306 e. The van der Waals surface area contributed by atoms with Gasteiger partial charge in [-0.05, 0) is 64.2 Å². The Morgan fingerprint density at radius 2 is 0.937 bits per heavy atom. The molecule has 0 amide bonds. The lowest BCUT2D eigenvalue weighted by molar-refractivity contribution is -0.332. The molecule has 11 unspecified atom stereocenters. The standard InChI is InChI=1S/C49H90O14/c1-3-5-7-9-11-13-15-17-18-19-21-23-25-27-29-31-33-58-35-38(61-41(51)32-30-28-26-24-22-20-16-14-12-10-8-6-4-2)36-59-48-47(57)45(55)43(53)40(63-48)37-60-49-46(56)44(54)42(52)39(34-50)62-49/h14,16-18,38-40,42-50,52-57H,3-13,15,19-37H2,1-2H3/b16-14-,18-17-. The third-order valence-electron chi connectivity index (χ3n) is 11.9. The van der Waals surface area contributed by atoms with Crippen LogP contribution in [0.15, 0.2) is 24.3 Å². The van der Waals surface area contributed by atoms with Gasteiger partial charge in [0.05, 0.1) is 26.4 Å². The van der Waals surface area contributed by atoms with Gasteiger partial charge in [-0.25, -0.2) is 0 Å². The van der Waals surface area contributed by atoms with Gasteiger partial charge in [0, 0.05) is 13.0 Å². The van der Waals surface area contributed by atoms with Gasteiger partial charge in [-0.2, -0.15) is 0 Å². The van der Waals surface area contributed by atoms with Gasteiger partial charge in [0.2, 0.25) is 0 Å². The minimum absolute atomic E-state index is 0.0561. The maximum atomic E-state index is 13.0. The van der Waals surface area contributed by atoms with E-state index >= 15 is 0 Å². The van der Waals surface area contributed by atoms with Crippen LogP contribution >= 0.6 is 0 Å². The molecule has 2 heterocycles. The van der Waals surface area contributed by atoms with Crippen LogP contribution < -0.4 is 0 Å². The van der Waals surface area contributed by atoms with Crippen LogP contribution in [-0.2, 0) is 33.2 Å². The van der Waals surface area contributed by atoms with E-state index in [2.05, 4.69) is 38.2 Å². The van der Waals surface area contributed by atoms with Crippen LogP contribution in [0.4, 0.5) is 0 Å². The Morgan fingerprint density at radius 1 is 0.508 bits per heavy atom. The van der Waals surface area contributed by atoms with Gasteiger partial charge in [0.25, 0.3) is 0 Å². The molecule has 0 spiro atoms. The lowest BCUT2D eigenvalue weighted by Gasteiger charge is -2.42. The lowest BCUT2D eigenvalue weighted by Crippen LogP contribution is -2.61. The molecule has 0 bridgehead atoms. The zero-order chi connectivity index (χ0) is 45.9. The van der Waals surface area contributed by atoms with Gasteiger partial charge in [0.15, 0.2) is 12.6 Å². The largest absolute Gasteiger partial charge is 0.457 e. The summed E-state index contributed by atoms with van der Waals surface area (Å²) in [6.07, 6.45) is 22.4. The van der Waals surface area contributed by atoms with Crippen LogP contribution in [0, 0.1) is 0 Å². The predicted molar refractivity (Wildman–Crippen MR) is 243 cm³/mol. The first-order valence-corrected chi connectivity index (χ1v) is 24.9. The Morgan fingerprint density at radius 3 is 1.46 bits per heavy atom. The van der Waals surface area contributed by atoms with E-state index in [0.717, 1.165) is 64.2 Å². The molecule has 0 aliphatic carbocycles. The van der Waals surface area contributed by atoms with E-state index in [1.54, 1.807) is 0 Å². The average molecular weight is 903 g/mol. The molecule has 2 rings (SSSR count). The number of allylic oxidation sites excluding steroid dienone is 4. The second-order valence-electron chi connectivity index (χ2n) is 17.6. The van der Waals surface area contributed by atoms with Crippen molar-refractivity contribution in [2.24, 2.45) is 0 Å². The molecule has 2 saturated heterocycles. The van der Waals surface area contributed by atoms with Gasteiger partial charge < -0.3 is 64.2 Å². The molecular formula is C49H90O14. The second-order valence-corrected chi connectivity index (χ2v) is 17.6. The highest BCUT2D eigenvalue weighted by Crippen LogP contribution is 2.26. The van der Waals surface area contributed by atoms with E-state index in [1.165, 1.54) is 89.9 Å². The van der Waals surface area contributed by atoms with Crippen molar-refractivity contribution >= 4 is 5.97 Å². The third kappa shape index (κ3) is 25.8. The SMILES string of the molecule is CCCCCC/C=C\CCCCCCCC(=O)OC(COCCCCCCCC/C=C\CCCCCCCC)COC1OC(COC2OC(CO)C(O)C(O)C2O)C(O)C(O)C1O. The van der Waals surface area contributed by atoms with E-state index in [1.807, 2.05) is 0 Å². The Hall–Kier alpha value is -1.53. The lowest BCUT2D eigenvalue weighted by atomic mass is 9.98. The molecule has 0 aromatic heterocycles. The van der Waals surface area contributed by atoms with E-state index in [-0.39, 0.29) is 25.6 Å². The summed E-state index contributed by atoms with van der Waals surface area (Å²) in [6.45, 7) is 3.64. The molecule has 370 valence electrons. The zero-order valence-electron chi connectivity index (χ0n) is 39.1. The molecule has 7 N–H and O–H groups in total. The van der Waals surface area contributed by atoms with Crippen molar-refractivity contribution in [3.8, 4) is 0 Å². The number of hydrogen-bond donors (Lipinski definition) is 7. The van der Waals surface area contributed by atoms with Crippen molar-refractivity contribution in [1.82, 2.24) is 0 Å². The second kappa shape index (κ2) is 37.5. The number of ether oxygens (including phenoxy) is 6. The number of hydrogen-bond acceptors (Lipinski definition) is 14. The Labute approximate surface area is 379 Å². The zero-order valence-corrected chi connectivity index (χ0v) is 39.1. The summed E-state index contributed by atoms with van der Waals surface area (Å²) in [4.78, 5) is 13.0. The van der Waals surface area contributed by atoms with Crippen LogP contribution in [0.3, 0.4) is 0 Å². The van der Waals surface area contributed by atoms with Crippen molar-refractivity contribution in [1.29, 1.82) is 0 Å². The summed E-state index contributed by atoms with van der Waals surface area (Å²) in [5.41, 5.74) is 0. The van der Waals surface area contributed by atoms with Gasteiger partial charge in [0.1, 0.15) is 54.9 Å². The first kappa shape index (κ1) is 57.6. The van der Waals surface area contributed by atoms with Crippen molar-refractivity contribution in [3.63, 3.8) is 0 Å². The number of rotatable bonds is 39. The molecule has 0 saturated carbocycles. The number of carbonyl (C=O) groups is 1. The van der Waals surface area contributed by atoms with Crippen LogP contribution in [0.5, 0.6) is 0 Å². The molecule has 2 aliphatic rings. The topological polar surface area (TPSA) is 214 Å². The van der Waals surface area contributed by atoms with Crippen molar-refractivity contribution in [2.45, 2.75) is 248 Å². The van der Waals surface area contributed by atoms with Crippen molar-refractivity contribution < 1.29 is 69.0 Å². The minimum Gasteiger partial charge on any atom is -0.457 e. The van der Waals surface area contributed by atoms with E-state index < -0.39 is 80.7 Å². The Balaban J connectivity index is 1.79. The van der Waals surface area contributed by atoms with Gasteiger partial charge >= 0.3 is 5.97 Å². The fraction of sp³-hybridized carbons (Fsp3) is 0.898. The monoisotopic (exact) mass is 903 g/mol. The number of carbonyl (C=O) groups excluding carboxylic acids is 1. The first-order chi connectivity index (χ1) is 30.6. The fourth-order valence-corrected chi connectivity index (χ4v) is 7.80. The number of aliphatic hydroxyl groups is 7. The van der Waals surface area contributed by atoms with Crippen LogP contribution in [0.25, 0.3) is 0 Å². The number of aliphatic hydroxyl groups excluding tert-OH is 7. The predicted octanol–water partition coefficient (Wildman–Crippen LogP) is 6.85. The highest BCUT2D eigenvalue weighted by molar-refractivity contribution is 5.69. The molecule has 2 aliphatic heterocycles. The average Bonchev–Trinajstić information content (AvgIpc) is 3.28. The fourth-order valence-electron chi connectivity index (χ4n) is 7.80. The molecule has 0 aromatic carbocycles. The summed E-state index contributed by atoms with van der Waals surface area (Å²) in [6, 6.07) is 0. The molecule has 0 radical (unpaired) electrons. The first-order valence-electron chi connectivity index (χ1n) is 24.9. The van der Waals surface area contributed by atoms with Crippen molar-refractivity contribution in [3.05, 3.63) is 24.3 Å². The molecular weight excluding hydrogens is 813 g/mol.